The van der Waals surface area contributed by atoms with Crippen molar-refractivity contribution in [3.63, 3.8) is 0 Å². The summed E-state index contributed by atoms with van der Waals surface area (Å²) in [6.07, 6.45) is 8.17. The average molecular weight is 327 g/mol. The second-order valence-electron chi connectivity index (χ2n) is 9.63. The topological polar surface area (TPSA) is 20.2 Å². The normalized spacial score (nSPS) is 39.2. The van der Waals surface area contributed by atoms with E-state index in [1.54, 1.807) is 5.56 Å². The molecule has 2 fully saturated rings. The largest absolute Gasteiger partial charge is 0.508 e. The molecule has 6 atom stereocenters. The first kappa shape index (κ1) is 16.5. The van der Waals surface area contributed by atoms with Crippen LogP contribution in [0.15, 0.2) is 18.2 Å². The quantitative estimate of drug-likeness (QED) is 0.690. The van der Waals surface area contributed by atoms with Gasteiger partial charge in [-0.05, 0) is 103 Å². The molecule has 0 aliphatic heterocycles. The number of fused-ring (bicyclic) bond motifs is 5. The molecule has 0 bridgehead atoms. The molecule has 1 heteroatoms. The van der Waals surface area contributed by atoms with E-state index in [0.717, 1.165) is 35.5 Å². The van der Waals surface area contributed by atoms with Gasteiger partial charge in [0.15, 0.2) is 0 Å². The number of benzene rings is 1. The molecule has 1 aromatic carbocycles. The van der Waals surface area contributed by atoms with Crippen molar-refractivity contribution < 1.29 is 5.11 Å². The molecular formula is C23H34O. The zero-order chi connectivity index (χ0) is 17.1. The minimum Gasteiger partial charge on any atom is -0.508 e. The first-order valence-electron chi connectivity index (χ1n) is 10.2. The molecule has 1 unspecified atom stereocenters. The predicted molar refractivity (Wildman–Crippen MR) is 100 cm³/mol. The molecular weight excluding hydrogens is 292 g/mol. The Hall–Kier alpha value is -0.980. The zero-order valence-corrected chi connectivity index (χ0v) is 15.9. The maximum absolute atomic E-state index is 9.82. The van der Waals surface area contributed by atoms with Crippen LogP contribution in [0.2, 0.25) is 0 Å². The second kappa shape index (κ2) is 5.78. The van der Waals surface area contributed by atoms with E-state index in [2.05, 4.69) is 33.8 Å². The molecule has 132 valence electrons. The summed E-state index contributed by atoms with van der Waals surface area (Å²) in [5.41, 5.74) is 3.55. The summed E-state index contributed by atoms with van der Waals surface area (Å²) in [7, 11) is 0. The average Bonchev–Trinajstić information content (AvgIpc) is 2.90. The summed E-state index contributed by atoms with van der Waals surface area (Å²) < 4.78 is 0. The summed E-state index contributed by atoms with van der Waals surface area (Å²) in [5.74, 6) is 5.57. The lowest BCUT2D eigenvalue weighted by Gasteiger charge is -2.52. The third-order valence-electron chi connectivity index (χ3n) is 8.47. The maximum Gasteiger partial charge on any atom is 0.115 e. The molecule has 0 saturated heterocycles. The number of hydrogen-bond acceptors (Lipinski definition) is 1. The smallest absolute Gasteiger partial charge is 0.115 e. The van der Waals surface area contributed by atoms with E-state index in [4.69, 9.17) is 0 Å². The van der Waals surface area contributed by atoms with E-state index < -0.39 is 0 Å². The number of rotatable bonds is 2. The number of aromatic hydroxyl groups is 1. The highest BCUT2D eigenvalue weighted by Crippen LogP contribution is 2.64. The molecule has 0 aromatic heterocycles. The lowest BCUT2D eigenvalue weighted by molar-refractivity contribution is 0.00387. The van der Waals surface area contributed by atoms with Gasteiger partial charge < -0.3 is 5.11 Å². The fraction of sp³-hybridized carbons (Fsp3) is 0.739. The highest BCUT2D eigenvalue weighted by atomic mass is 16.3. The van der Waals surface area contributed by atoms with Crippen LogP contribution in [0, 0.1) is 35.0 Å². The van der Waals surface area contributed by atoms with Crippen molar-refractivity contribution in [3.8, 4) is 5.75 Å². The molecule has 2 saturated carbocycles. The molecule has 3 aliphatic rings. The van der Waals surface area contributed by atoms with Gasteiger partial charge in [-0.1, -0.05) is 33.8 Å². The first-order chi connectivity index (χ1) is 11.4. The monoisotopic (exact) mass is 326 g/mol. The Morgan fingerprint density at radius 2 is 1.88 bits per heavy atom. The van der Waals surface area contributed by atoms with Crippen LogP contribution in [0.25, 0.3) is 0 Å². The summed E-state index contributed by atoms with van der Waals surface area (Å²) >= 11 is 0. The number of aryl methyl sites for hydroxylation is 1. The van der Waals surface area contributed by atoms with Gasteiger partial charge in [-0.15, -0.1) is 0 Å². The molecule has 1 nitrogen and oxygen atoms in total. The van der Waals surface area contributed by atoms with Crippen molar-refractivity contribution >= 4 is 0 Å². The Labute approximate surface area is 147 Å². The summed E-state index contributed by atoms with van der Waals surface area (Å²) in [6, 6.07) is 6.16. The van der Waals surface area contributed by atoms with Crippen molar-refractivity contribution in [3.05, 3.63) is 29.3 Å². The second-order valence-corrected chi connectivity index (χ2v) is 9.63. The Balaban J connectivity index is 1.63. The van der Waals surface area contributed by atoms with Gasteiger partial charge in [0.1, 0.15) is 5.75 Å². The van der Waals surface area contributed by atoms with Crippen molar-refractivity contribution in [2.75, 3.05) is 0 Å². The Morgan fingerprint density at radius 1 is 1.08 bits per heavy atom. The molecule has 3 aliphatic carbocycles. The standard InChI is InChI=1S/C23H34O/c1-14(2)15(3)21-9-10-22-20-7-5-16-13-17(24)6-8-18(16)19(20)11-12-23(21,22)4/h6,8,13-15,19-22,24H,5,7,9-12H2,1-4H3/t15?,19-,20-,21-,22+,23-/m1/s1. The van der Waals surface area contributed by atoms with Gasteiger partial charge in [-0.2, -0.15) is 0 Å². The summed E-state index contributed by atoms with van der Waals surface area (Å²) in [4.78, 5) is 0. The summed E-state index contributed by atoms with van der Waals surface area (Å²) in [5, 5.41) is 9.82. The van der Waals surface area contributed by atoms with Crippen LogP contribution in [0.4, 0.5) is 0 Å². The molecule has 0 amide bonds. The van der Waals surface area contributed by atoms with Crippen LogP contribution in [-0.2, 0) is 6.42 Å². The summed E-state index contributed by atoms with van der Waals surface area (Å²) in [6.45, 7) is 9.97. The van der Waals surface area contributed by atoms with Crippen LogP contribution in [-0.4, -0.2) is 5.11 Å². The molecule has 4 rings (SSSR count). The fourth-order valence-electron chi connectivity index (χ4n) is 6.94. The van der Waals surface area contributed by atoms with Crippen LogP contribution < -0.4 is 0 Å². The van der Waals surface area contributed by atoms with E-state index in [1.165, 1.54) is 44.1 Å². The molecule has 24 heavy (non-hydrogen) atoms. The Morgan fingerprint density at radius 3 is 2.62 bits per heavy atom. The fourth-order valence-corrected chi connectivity index (χ4v) is 6.94. The Kier molecular flexibility index (Phi) is 3.97. The van der Waals surface area contributed by atoms with E-state index >= 15 is 0 Å². The van der Waals surface area contributed by atoms with Gasteiger partial charge in [-0.25, -0.2) is 0 Å². The highest BCUT2D eigenvalue weighted by Gasteiger charge is 2.55. The van der Waals surface area contributed by atoms with Gasteiger partial charge in [0.2, 0.25) is 0 Å². The van der Waals surface area contributed by atoms with Crippen molar-refractivity contribution in [1.82, 2.24) is 0 Å². The highest BCUT2D eigenvalue weighted by molar-refractivity contribution is 5.40. The molecule has 1 N–H and O–H groups in total. The lowest BCUT2D eigenvalue weighted by Crippen LogP contribution is -2.44. The molecule has 0 heterocycles. The predicted octanol–water partition coefficient (Wildman–Crippen LogP) is 6.16. The van der Waals surface area contributed by atoms with Gasteiger partial charge in [0.25, 0.3) is 0 Å². The van der Waals surface area contributed by atoms with E-state index in [1.807, 2.05) is 12.1 Å². The van der Waals surface area contributed by atoms with Gasteiger partial charge in [0, 0.05) is 0 Å². The van der Waals surface area contributed by atoms with Crippen LogP contribution >= 0.6 is 0 Å². The van der Waals surface area contributed by atoms with Crippen LogP contribution in [0.1, 0.15) is 76.8 Å². The van der Waals surface area contributed by atoms with E-state index in [-0.39, 0.29) is 0 Å². The maximum atomic E-state index is 9.82. The third-order valence-corrected chi connectivity index (χ3v) is 8.47. The van der Waals surface area contributed by atoms with E-state index in [9.17, 15) is 5.11 Å². The minimum atomic E-state index is 0.444. The number of phenolic OH excluding ortho intramolecular Hbond substituents is 1. The SMILES string of the molecule is CC(C)C(C)[C@H]1CC[C@H]2[C@@H]3CCc4cc(O)ccc4[C@H]3CC[C@]12C. The van der Waals surface area contributed by atoms with Crippen LogP contribution in [0.3, 0.4) is 0 Å². The Bertz CT molecular complexity index is 618. The lowest BCUT2D eigenvalue weighted by atomic mass is 9.52. The van der Waals surface area contributed by atoms with Crippen molar-refractivity contribution in [2.45, 2.75) is 72.1 Å². The van der Waals surface area contributed by atoms with E-state index in [0.29, 0.717) is 11.2 Å². The molecule has 0 radical (unpaired) electrons. The van der Waals surface area contributed by atoms with Gasteiger partial charge in [0.05, 0.1) is 0 Å². The number of hydrogen-bond donors (Lipinski definition) is 1. The molecule has 1 aromatic rings. The number of phenols is 1. The van der Waals surface area contributed by atoms with Crippen molar-refractivity contribution in [2.24, 2.45) is 35.0 Å². The van der Waals surface area contributed by atoms with Gasteiger partial charge in [-0.3, -0.25) is 0 Å². The zero-order valence-electron chi connectivity index (χ0n) is 15.9. The third kappa shape index (κ3) is 2.34. The van der Waals surface area contributed by atoms with Gasteiger partial charge >= 0.3 is 0 Å². The minimum absolute atomic E-state index is 0.444. The van der Waals surface area contributed by atoms with Crippen molar-refractivity contribution in [1.29, 1.82) is 0 Å². The molecule has 0 spiro atoms. The first-order valence-corrected chi connectivity index (χ1v) is 10.2. The van der Waals surface area contributed by atoms with Crippen LogP contribution in [0.5, 0.6) is 5.75 Å².